The Bertz CT molecular complexity index is 1380. The fourth-order valence-electron chi connectivity index (χ4n) is 5.12. The molecule has 0 radical (unpaired) electrons. The molecule has 2 heterocycles. The Balaban J connectivity index is 1.53. The molecule has 1 aromatic heterocycles. The van der Waals surface area contributed by atoms with E-state index in [-0.39, 0.29) is 24.5 Å². The van der Waals surface area contributed by atoms with Gasteiger partial charge in [0.1, 0.15) is 5.76 Å². The molecule has 1 fully saturated rings. The van der Waals surface area contributed by atoms with E-state index in [0.29, 0.717) is 16.7 Å². The van der Waals surface area contributed by atoms with Crippen molar-refractivity contribution in [2.24, 2.45) is 0 Å². The van der Waals surface area contributed by atoms with Crippen LogP contribution < -0.4 is 0 Å². The van der Waals surface area contributed by atoms with Crippen LogP contribution in [0.5, 0.6) is 0 Å². The second-order valence-electron chi connectivity index (χ2n) is 9.32. The Hall–Kier alpha value is -4.26. The summed E-state index contributed by atoms with van der Waals surface area (Å²) in [6, 6.07) is 15.2. The summed E-state index contributed by atoms with van der Waals surface area (Å²) in [6.45, 7) is 2.14. The van der Waals surface area contributed by atoms with Crippen LogP contribution in [0, 0.1) is 0 Å². The summed E-state index contributed by atoms with van der Waals surface area (Å²) >= 11 is 0. The van der Waals surface area contributed by atoms with Gasteiger partial charge in [-0.3, -0.25) is 14.6 Å². The van der Waals surface area contributed by atoms with Crippen LogP contribution in [-0.4, -0.2) is 39.3 Å². The molecule has 1 atom stereocenters. The molecule has 7 nitrogen and oxygen atoms in total. The van der Waals surface area contributed by atoms with Gasteiger partial charge in [0.2, 0.25) is 0 Å². The quantitative estimate of drug-likeness (QED) is 0.229. The van der Waals surface area contributed by atoms with Gasteiger partial charge in [0.15, 0.2) is 0 Å². The summed E-state index contributed by atoms with van der Waals surface area (Å²) in [7, 11) is 0. The molecule has 0 bridgehead atoms. The van der Waals surface area contributed by atoms with Gasteiger partial charge >= 0.3 is 5.97 Å². The molecule has 1 aliphatic heterocycles. The van der Waals surface area contributed by atoms with Crippen molar-refractivity contribution in [1.82, 2.24) is 9.88 Å². The molecule has 0 spiro atoms. The number of aromatic nitrogens is 1. The predicted molar refractivity (Wildman–Crippen MR) is 138 cm³/mol. The Morgan fingerprint density at radius 1 is 1.03 bits per heavy atom. The largest absolute Gasteiger partial charge is 0.507 e. The first-order valence-corrected chi connectivity index (χ1v) is 12.5. The number of pyridine rings is 1. The van der Waals surface area contributed by atoms with E-state index in [1.54, 1.807) is 55.7 Å². The van der Waals surface area contributed by atoms with Gasteiger partial charge in [-0.25, -0.2) is 4.79 Å². The molecule has 37 heavy (non-hydrogen) atoms. The van der Waals surface area contributed by atoms with Gasteiger partial charge in [-0.15, -0.1) is 0 Å². The number of nitrogens with zero attached hydrogens (tertiary/aromatic N) is 2. The highest BCUT2D eigenvalue weighted by molar-refractivity contribution is 6.46. The first-order valence-electron chi connectivity index (χ1n) is 12.5. The number of aliphatic hydroxyl groups is 1. The zero-order valence-corrected chi connectivity index (χ0v) is 20.6. The molecular formula is C30H28N2O5. The number of hydrogen-bond donors (Lipinski definition) is 1. The molecule has 188 valence electrons. The van der Waals surface area contributed by atoms with E-state index in [1.807, 2.05) is 18.2 Å². The van der Waals surface area contributed by atoms with E-state index < -0.39 is 23.7 Å². The maximum Gasteiger partial charge on any atom is 0.338 e. The summed E-state index contributed by atoms with van der Waals surface area (Å²) in [6.07, 6.45) is 7.39. The van der Waals surface area contributed by atoms with Crippen LogP contribution in [0.4, 0.5) is 0 Å². The van der Waals surface area contributed by atoms with Gasteiger partial charge in [0, 0.05) is 24.5 Å². The lowest BCUT2D eigenvalue weighted by Crippen LogP contribution is -2.29. The molecule has 3 aromatic rings. The molecule has 1 saturated heterocycles. The predicted octanol–water partition coefficient (Wildman–Crippen LogP) is 4.76. The molecule has 1 aliphatic carbocycles. The monoisotopic (exact) mass is 496 g/mol. The van der Waals surface area contributed by atoms with Crippen LogP contribution in [0.1, 0.15) is 64.0 Å². The molecule has 5 rings (SSSR count). The number of benzene rings is 2. The summed E-state index contributed by atoms with van der Waals surface area (Å²) in [5.41, 5.74) is 4.79. The number of likely N-dealkylation sites (tertiary alicyclic amines) is 1. The number of Topliss-reactive ketones (excluding diaryl/α,β-unsaturated/α-hetero) is 1. The van der Waals surface area contributed by atoms with Crippen LogP contribution >= 0.6 is 0 Å². The third kappa shape index (κ3) is 4.77. The number of aryl methyl sites for hydroxylation is 2. The normalized spacial score (nSPS) is 18.5. The van der Waals surface area contributed by atoms with Gasteiger partial charge in [-0.1, -0.05) is 30.3 Å². The number of ketones is 1. The second kappa shape index (κ2) is 10.4. The van der Waals surface area contributed by atoms with Crippen LogP contribution in [0.15, 0.2) is 72.6 Å². The minimum atomic E-state index is -0.797. The molecule has 1 N–H and O–H groups in total. The van der Waals surface area contributed by atoms with E-state index in [2.05, 4.69) is 4.98 Å². The lowest BCUT2D eigenvalue weighted by atomic mass is 9.89. The first kappa shape index (κ1) is 24.4. The van der Waals surface area contributed by atoms with Crippen LogP contribution in [0.25, 0.3) is 5.76 Å². The van der Waals surface area contributed by atoms with Gasteiger partial charge in [0.05, 0.1) is 23.8 Å². The number of fused-ring (bicyclic) bond motifs is 1. The molecular weight excluding hydrogens is 468 g/mol. The van der Waals surface area contributed by atoms with E-state index in [0.717, 1.165) is 31.2 Å². The molecule has 1 amide bonds. The number of aliphatic hydroxyl groups excluding tert-OH is 1. The van der Waals surface area contributed by atoms with Gasteiger partial charge < -0.3 is 14.7 Å². The van der Waals surface area contributed by atoms with Crippen molar-refractivity contribution in [2.75, 3.05) is 6.61 Å². The molecule has 1 unspecified atom stereocenters. The van der Waals surface area contributed by atoms with Crippen LogP contribution in [-0.2, 0) is 33.7 Å². The summed E-state index contributed by atoms with van der Waals surface area (Å²) in [5.74, 6) is -2.02. The number of hydrogen-bond acceptors (Lipinski definition) is 6. The second-order valence-corrected chi connectivity index (χ2v) is 9.32. The molecule has 2 aromatic carbocycles. The zero-order valence-electron chi connectivity index (χ0n) is 20.6. The van der Waals surface area contributed by atoms with E-state index in [1.165, 1.54) is 16.0 Å². The summed E-state index contributed by atoms with van der Waals surface area (Å²) in [4.78, 5) is 44.2. The molecule has 0 saturated carbocycles. The van der Waals surface area contributed by atoms with E-state index >= 15 is 0 Å². The Morgan fingerprint density at radius 2 is 1.76 bits per heavy atom. The number of amides is 1. The third-order valence-electron chi connectivity index (χ3n) is 6.98. The lowest BCUT2D eigenvalue weighted by molar-refractivity contribution is -0.140. The Morgan fingerprint density at radius 3 is 2.46 bits per heavy atom. The molecule has 2 aliphatic rings. The minimum absolute atomic E-state index is 0.0527. The highest BCUT2D eigenvalue weighted by atomic mass is 16.5. The Kier molecular flexibility index (Phi) is 6.86. The van der Waals surface area contributed by atoms with Crippen LogP contribution in [0.3, 0.4) is 0 Å². The highest BCUT2D eigenvalue weighted by Crippen LogP contribution is 2.40. The van der Waals surface area contributed by atoms with E-state index in [9.17, 15) is 19.5 Å². The van der Waals surface area contributed by atoms with Gasteiger partial charge in [-0.2, -0.15) is 0 Å². The SMILES string of the molecule is CCOC(=O)c1ccc(CN2C(=O)C(=O)/C(=C(\O)c3ccc4c(c3)CCCC4)C2c2cccnc2)cc1. The van der Waals surface area contributed by atoms with Gasteiger partial charge in [0.25, 0.3) is 11.7 Å². The first-order chi connectivity index (χ1) is 18.0. The van der Waals surface area contributed by atoms with Crippen molar-refractivity contribution < 1.29 is 24.2 Å². The van der Waals surface area contributed by atoms with Crippen molar-refractivity contribution >= 4 is 23.4 Å². The number of esters is 1. The minimum Gasteiger partial charge on any atom is -0.507 e. The topological polar surface area (TPSA) is 96.8 Å². The van der Waals surface area contributed by atoms with Crippen molar-refractivity contribution in [3.63, 3.8) is 0 Å². The number of carbonyl (C=O) groups is 3. The molecule has 7 heteroatoms. The highest BCUT2D eigenvalue weighted by Gasteiger charge is 2.46. The third-order valence-corrected chi connectivity index (χ3v) is 6.98. The van der Waals surface area contributed by atoms with Crippen molar-refractivity contribution in [3.8, 4) is 0 Å². The summed E-state index contributed by atoms with van der Waals surface area (Å²) in [5, 5.41) is 11.4. The van der Waals surface area contributed by atoms with Crippen LogP contribution in [0.2, 0.25) is 0 Å². The average Bonchev–Trinajstić information content (AvgIpc) is 3.18. The van der Waals surface area contributed by atoms with Gasteiger partial charge in [-0.05, 0) is 79.1 Å². The maximum absolute atomic E-state index is 13.3. The van der Waals surface area contributed by atoms with E-state index in [4.69, 9.17) is 4.74 Å². The number of rotatable bonds is 6. The number of ether oxygens (including phenoxy) is 1. The smallest absolute Gasteiger partial charge is 0.338 e. The van der Waals surface area contributed by atoms with Crippen molar-refractivity contribution in [1.29, 1.82) is 0 Å². The fourth-order valence-corrected chi connectivity index (χ4v) is 5.12. The standard InChI is InChI=1S/C30H28N2O5/c1-2-37-30(36)21-11-9-19(10-12-21)18-32-26(24-8-5-15-31-17-24)25(28(34)29(32)35)27(33)23-14-13-20-6-3-4-7-22(20)16-23/h5,8-17,26,33H,2-4,6-7,18H2,1H3/b27-25-. The number of carbonyl (C=O) groups excluding carboxylic acids is 3. The summed E-state index contributed by atoms with van der Waals surface area (Å²) < 4.78 is 5.04. The van der Waals surface area contributed by atoms with Crippen molar-refractivity contribution in [2.45, 2.75) is 45.2 Å². The maximum atomic E-state index is 13.3. The zero-order chi connectivity index (χ0) is 25.9. The Labute approximate surface area is 215 Å². The fraction of sp³-hybridized carbons (Fsp3) is 0.267. The average molecular weight is 497 g/mol. The van der Waals surface area contributed by atoms with Crippen molar-refractivity contribution in [3.05, 3.63) is 106 Å². The lowest BCUT2D eigenvalue weighted by Gasteiger charge is -2.25.